The van der Waals surface area contributed by atoms with Crippen LogP contribution in [0.15, 0.2) is 12.4 Å². The fourth-order valence-corrected chi connectivity index (χ4v) is 1.15. The summed E-state index contributed by atoms with van der Waals surface area (Å²) in [5.41, 5.74) is 6.82. The van der Waals surface area contributed by atoms with Gasteiger partial charge in [0.05, 0.1) is 6.61 Å². The molecule has 0 fully saturated rings. The standard InChI is InChI=1S/C10H18N4O/c1-8-5-13-10(14-6-8)12-4-3-9(11)7-15-2/h5-6,9H,3-4,7,11H2,1-2H3,(H,12,13,14). The first kappa shape index (κ1) is 11.9. The molecule has 0 aliphatic carbocycles. The Morgan fingerprint density at radius 2 is 2.13 bits per heavy atom. The van der Waals surface area contributed by atoms with E-state index in [0.29, 0.717) is 12.6 Å². The van der Waals surface area contributed by atoms with Crippen LogP contribution in [0.5, 0.6) is 0 Å². The first-order chi connectivity index (χ1) is 7.22. The largest absolute Gasteiger partial charge is 0.383 e. The molecule has 1 heterocycles. The van der Waals surface area contributed by atoms with E-state index in [1.54, 1.807) is 19.5 Å². The van der Waals surface area contributed by atoms with Gasteiger partial charge in [-0.3, -0.25) is 0 Å². The van der Waals surface area contributed by atoms with Crippen molar-refractivity contribution in [2.45, 2.75) is 19.4 Å². The Labute approximate surface area is 90.1 Å². The Morgan fingerprint density at radius 1 is 1.47 bits per heavy atom. The molecule has 15 heavy (non-hydrogen) atoms. The quantitative estimate of drug-likeness (QED) is 0.717. The van der Waals surface area contributed by atoms with Gasteiger partial charge in [0, 0.05) is 32.1 Å². The van der Waals surface area contributed by atoms with Gasteiger partial charge < -0.3 is 15.8 Å². The first-order valence-electron chi connectivity index (χ1n) is 4.99. The number of hydrogen-bond acceptors (Lipinski definition) is 5. The number of nitrogens with two attached hydrogens (primary N) is 1. The van der Waals surface area contributed by atoms with Crippen LogP contribution < -0.4 is 11.1 Å². The van der Waals surface area contributed by atoms with Gasteiger partial charge in [0.15, 0.2) is 0 Å². The van der Waals surface area contributed by atoms with Crippen LogP contribution in [0.2, 0.25) is 0 Å². The maximum absolute atomic E-state index is 5.77. The van der Waals surface area contributed by atoms with Crippen LogP contribution in [-0.4, -0.2) is 36.3 Å². The predicted octanol–water partition coefficient (Wildman–Crippen LogP) is 0.561. The third kappa shape index (κ3) is 4.71. The molecule has 5 nitrogen and oxygen atoms in total. The number of methoxy groups -OCH3 is 1. The summed E-state index contributed by atoms with van der Waals surface area (Å²) >= 11 is 0. The summed E-state index contributed by atoms with van der Waals surface area (Å²) in [6.45, 7) is 3.29. The Hall–Kier alpha value is -1.20. The molecule has 1 atom stereocenters. The van der Waals surface area contributed by atoms with Gasteiger partial charge in [-0.05, 0) is 18.9 Å². The second kappa shape index (κ2) is 6.31. The number of aryl methyl sites for hydroxylation is 1. The lowest BCUT2D eigenvalue weighted by molar-refractivity contribution is 0.178. The highest BCUT2D eigenvalue weighted by Gasteiger charge is 2.01. The highest BCUT2D eigenvalue weighted by molar-refractivity contribution is 5.23. The van der Waals surface area contributed by atoms with E-state index in [1.807, 2.05) is 6.92 Å². The molecule has 84 valence electrons. The summed E-state index contributed by atoms with van der Waals surface area (Å²) in [6, 6.07) is 0.0629. The van der Waals surface area contributed by atoms with Gasteiger partial charge in [-0.2, -0.15) is 0 Å². The van der Waals surface area contributed by atoms with Crippen LogP contribution >= 0.6 is 0 Å². The van der Waals surface area contributed by atoms with Gasteiger partial charge in [0.2, 0.25) is 5.95 Å². The third-order valence-electron chi connectivity index (χ3n) is 1.96. The normalized spacial score (nSPS) is 12.5. The highest BCUT2D eigenvalue weighted by Crippen LogP contribution is 1.99. The van der Waals surface area contributed by atoms with Crippen molar-refractivity contribution in [2.75, 3.05) is 25.6 Å². The molecule has 0 aliphatic heterocycles. The molecule has 0 saturated heterocycles. The zero-order chi connectivity index (χ0) is 11.1. The lowest BCUT2D eigenvalue weighted by atomic mass is 10.2. The second-order valence-corrected chi connectivity index (χ2v) is 3.51. The zero-order valence-electron chi connectivity index (χ0n) is 9.23. The Bertz CT molecular complexity index is 275. The maximum atomic E-state index is 5.77. The molecule has 0 saturated carbocycles. The van der Waals surface area contributed by atoms with E-state index in [2.05, 4.69) is 15.3 Å². The summed E-state index contributed by atoms with van der Waals surface area (Å²) in [7, 11) is 1.65. The summed E-state index contributed by atoms with van der Waals surface area (Å²) in [6.07, 6.45) is 4.40. The van der Waals surface area contributed by atoms with Crippen molar-refractivity contribution in [1.82, 2.24) is 9.97 Å². The third-order valence-corrected chi connectivity index (χ3v) is 1.96. The lowest BCUT2D eigenvalue weighted by Gasteiger charge is -2.10. The van der Waals surface area contributed by atoms with E-state index in [9.17, 15) is 0 Å². The van der Waals surface area contributed by atoms with E-state index in [1.165, 1.54) is 0 Å². The van der Waals surface area contributed by atoms with Gasteiger partial charge >= 0.3 is 0 Å². The van der Waals surface area contributed by atoms with Gasteiger partial charge in [-0.25, -0.2) is 9.97 Å². The van der Waals surface area contributed by atoms with Crippen LogP contribution in [0.1, 0.15) is 12.0 Å². The minimum absolute atomic E-state index is 0.0629. The summed E-state index contributed by atoms with van der Waals surface area (Å²) < 4.78 is 4.94. The van der Waals surface area contributed by atoms with Crippen molar-refractivity contribution in [3.05, 3.63) is 18.0 Å². The highest BCUT2D eigenvalue weighted by atomic mass is 16.5. The number of nitrogens with one attached hydrogen (secondary N) is 1. The molecule has 1 rings (SSSR count). The van der Waals surface area contributed by atoms with Crippen molar-refractivity contribution >= 4 is 5.95 Å². The van der Waals surface area contributed by atoms with Crippen molar-refractivity contribution in [3.63, 3.8) is 0 Å². The molecular formula is C10H18N4O. The molecule has 0 bridgehead atoms. The fraction of sp³-hybridized carbons (Fsp3) is 0.600. The van der Waals surface area contributed by atoms with E-state index >= 15 is 0 Å². The average Bonchev–Trinajstić information content (AvgIpc) is 2.21. The lowest BCUT2D eigenvalue weighted by Crippen LogP contribution is -2.28. The fourth-order valence-electron chi connectivity index (χ4n) is 1.15. The van der Waals surface area contributed by atoms with Gasteiger partial charge in [0.25, 0.3) is 0 Å². The second-order valence-electron chi connectivity index (χ2n) is 3.51. The van der Waals surface area contributed by atoms with Crippen LogP contribution in [0, 0.1) is 6.92 Å². The van der Waals surface area contributed by atoms with Crippen molar-refractivity contribution in [2.24, 2.45) is 5.73 Å². The molecule has 0 radical (unpaired) electrons. The summed E-state index contributed by atoms with van der Waals surface area (Å²) in [5, 5.41) is 3.10. The molecular weight excluding hydrogens is 192 g/mol. The first-order valence-corrected chi connectivity index (χ1v) is 4.99. The Kier molecular flexibility index (Phi) is 5.00. The summed E-state index contributed by atoms with van der Waals surface area (Å²) in [5.74, 6) is 0.644. The van der Waals surface area contributed by atoms with E-state index < -0.39 is 0 Å². The molecule has 1 unspecified atom stereocenters. The monoisotopic (exact) mass is 210 g/mol. The minimum atomic E-state index is 0.0629. The van der Waals surface area contributed by atoms with Gasteiger partial charge in [0.1, 0.15) is 0 Å². The van der Waals surface area contributed by atoms with Crippen LogP contribution in [-0.2, 0) is 4.74 Å². The number of rotatable bonds is 6. The molecule has 5 heteroatoms. The molecule has 0 aromatic carbocycles. The molecule has 0 spiro atoms. The number of nitrogens with zero attached hydrogens (tertiary/aromatic N) is 2. The molecule has 0 amide bonds. The zero-order valence-corrected chi connectivity index (χ0v) is 9.23. The van der Waals surface area contributed by atoms with Crippen LogP contribution in [0.25, 0.3) is 0 Å². The molecule has 1 aromatic heterocycles. The number of anilines is 1. The smallest absolute Gasteiger partial charge is 0.222 e. The predicted molar refractivity (Wildman–Crippen MR) is 59.7 cm³/mol. The van der Waals surface area contributed by atoms with Crippen LogP contribution in [0.3, 0.4) is 0 Å². The van der Waals surface area contributed by atoms with E-state index in [4.69, 9.17) is 10.5 Å². The minimum Gasteiger partial charge on any atom is -0.383 e. The SMILES string of the molecule is COCC(N)CCNc1ncc(C)cn1. The Morgan fingerprint density at radius 3 is 2.73 bits per heavy atom. The molecule has 1 aromatic rings. The Balaban J connectivity index is 2.22. The van der Waals surface area contributed by atoms with Crippen LogP contribution in [0.4, 0.5) is 5.95 Å². The number of aromatic nitrogens is 2. The van der Waals surface area contributed by atoms with E-state index in [0.717, 1.165) is 18.5 Å². The van der Waals surface area contributed by atoms with Crippen molar-refractivity contribution in [1.29, 1.82) is 0 Å². The van der Waals surface area contributed by atoms with E-state index in [-0.39, 0.29) is 6.04 Å². The topological polar surface area (TPSA) is 73.1 Å². The van der Waals surface area contributed by atoms with Gasteiger partial charge in [-0.1, -0.05) is 0 Å². The van der Waals surface area contributed by atoms with Gasteiger partial charge in [-0.15, -0.1) is 0 Å². The number of ether oxygens (including phenoxy) is 1. The van der Waals surface area contributed by atoms with Crippen molar-refractivity contribution in [3.8, 4) is 0 Å². The maximum Gasteiger partial charge on any atom is 0.222 e. The summed E-state index contributed by atoms with van der Waals surface area (Å²) in [4.78, 5) is 8.25. The number of hydrogen-bond donors (Lipinski definition) is 2. The molecule has 3 N–H and O–H groups in total. The van der Waals surface area contributed by atoms with Crippen molar-refractivity contribution < 1.29 is 4.74 Å². The average molecular weight is 210 g/mol. The molecule has 0 aliphatic rings.